The van der Waals surface area contributed by atoms with Crippen molar-refractivity contribution in [1.82, 2.24) is 5.32 Å². The maximum Gasteiger partial charge on any atom is 0.319 e. The molecule has 0 radical (unpaired) electrons. The Morgan fingerprint density at radius 2 is 2.04 bits per heavy atom. The zero-order valence-electron chi connectivity index (χ0n) is 15.7. The highest BCUT2D eigenvalue weighted by Crippen LogP contribution is 2.32. The lowest BCUT2D eigenvalue weighted by atomic mass is 10.0. The molecule has 1 heterocycles. The first kappa shape index (κ1) is 19.8. The number of carbonyl (C=O) groups excluding carboxylic acids is 1. The van der Waals surface area contributed by atoms with Crippen LogP contribution in [0.4, 0.5) is 16.2 Å². The predicted octanol–water partition coefficient (Wildman–Crippen LogP) is 3.10. The third-order valence-corrected chi connectivity index (χ3v) is 5.66. The van der Waals surface area contributed by atoms with E-state index in [1.807, 2.05) is 24.3 Å². The van der Waals surface area contributed by atoms with Gasteiger partial charge < -0.3 is 20.1 Å². The van der Waals surface area contributed by atoms with Crippen LogP contribution in [0.2, 0.25) is 0 Å². The smallest absolute Gasteiger partial charge is 0.319 e. The van der Waals surface area contributed by atoms with Gasteiger partial charge in [0.2, 0.25) is 10.0 Å². The summed E-state index contributed by atoms with van der Waals surface area (Å²) in [6, 6.07) is 11.8. The molecule has 2 aromatic rings. The number of benzene rings is 2. The van der Waals surface area contributed by atoms with Gasteiger partial charge in [-0.2, -0.15) is 0 Å². The third kappa shape index (κ3) is 4.66. The Hall–Kier alpha value is -2.94. The van der Waals surface area contributed by atoms with Crippen LogP contribution in [-0.4, -0.2) is 33.9 Å². The van der Waals surface area contributed by atoms with Crippen molar-refractivity contribution in [2.45, 2.75) is 19.4 Å². The molecule has 0 unspecified atom stereocenters. The van der Waals surface area contributed by atoms with Crippen molar-refractivity contribution in [1.29, 1.82) is 0 Å². The monoisotopic (exact) mass is 405 g/mol. The molecule has 2 amide bonds. The molecule has 28 heavy (non-hydrogen) atoms. The molecule has 0 spiro atoms. The van der Waals surface area contributed by atoms with Gasteiger partial charge >= 0.3 is 6.03 Å². The molecule has 0 aliphatic carbocycles. The Kier molecular flexibility index (Phi) is 5.93. The van der Waals surface area contributed by atoms with Crippen LogP contribution in [0.1, 0.15) is 24.9 Å². The lowest BCUT2D eigenvalue weighted by Gasteiger charge is -2.26. The van der Waals surface area contributed by atoms with Gasteiger partial charge in [-0.3, -0.25) is 4.72 Å². The van der Waals surface area contributed by atoms with Gasteiger partial charge in [-0.1, -0.05) is 18.2 Å². The zero-order valence-corrected chi connectivity index (χ0v) is 16.5. The number of urea groups is 1. The van der Waals surface area contributed by atoms with Gasteiger partial charge in [0, 0.05) is 23.7 Å². The average molecular weight is 405 g/mol. The second-order valence-electron chi connectivity index (χ2n) is 6.25. The van der Waals surface area contributed by atoms with Crippen LogP contribution in [0.25, 0.3) is 0 Å². The summed E-state index contributed by atoms with van der Waals surface area (Å²) in [6.07, 6.45) is 0.672. The number of hydrogen-bond donors (Lipinski definition) is 3. The summed E-state index contributed by atoms with van der Waals surface area (Å²) in [6.45, 7) is 2.07. The summed E-state index contributed by atoms with van der Waals surface area (Å²) in [5.41, 5.74) is 1.73. The number of sulfonamides is 1. The summed E-state index contributed by atoms with van der Waals surface area (Å²) >= 11 is 0. The standard InChI is InChI=1S/C19H23N3O5S/c1-3-28(24,25)22-16-9-8-13(12-18(16)26-2)20-19(23)21-15-10-11-27-17-7-5-4-6-14(15)17/h4-9,12,15,22H,3,10-11H2,1-2H3,(H2,20,21,23)/t15-/m1/s1. The summed E-state index contributed by atoms with van der Waals surface area (Å²) in [4.78, 5) is 12.4. The number of rotatable bonds is 6. The van der Waals surface area contributed by atoms with E-state index in [0.29, 0.717) is 30.2 Å². The molecule has 2 aromatic carbocycles. The fraction of sp³-hybridized carbons (Fsp3) is 0.316. The number of methoxy groups -OCH3 is 1. The number of anilines is 2. The van der Waals surface area contributed by atoms with Crippen LogP contribution >= 0.6 is 0 Å². The SMILES string of the molecule is CCS(=O)(=O)Nc1ccc(NC(=O)N[C@@H]2CCOc3ccccc32)cc1OC. The van der Waals surface area contributed by atoms with E-state index in [9.17, 15) is 13.2 Å². The lowest BCUT2D eigenvalue weighted by molar-refractivity contribution is 0.232. The molecule has 9 heteroatoms. The average Bonchev–Trinajstić information content (AvgIpc) is 2.69. The van der Waals surface area contributed by atoms with E-state index in [-0.39, 0.29) is 17.8 Å². The summed E-state index contributed by atoms with van der Waals surface area (Å²) < 4.78 is 36.8. The van der Waals surface area contributed by atoms with Crippen molar-refractivity contribution < 1.29 is 22.7 Å². The van der Waals surface area contributed by atoms with Crippen LogP contribution in [0.3, 0.4) is 0 Å². The zero-order chi connectivity index (χ0) is 20.1. The second kappa shape index (κ2) is 8.39. The number of amides is 2. The Balaban J connectivity index is 1.69. The van der Waals surface area contributed by atoms with Gasteiger partial charge in [-0.05, 0) is 25.1 Å². The van der Waals surface area contributed by atoms with Crippen LogP contribution in [0.5, 0.6) is 11.5 Å². The Labute approximate surface area is 164 Å². The van der Waals surface area contributed by atoms with Crippen molar-refractivity contribution in [3.8, 4) is 11.5 Å². The fourth-order valence-electron chi connectivity index (χ4n) is 2.91. The Morgan fingerprint density at radius 1 is 1.25 bits per heavy atom. The number of fused-ring (bicyclic) bond motifs is 1. The van der Waals surface area contributed by atoms with E-state index >= 15 is 0 Å². The lowest BCUT2D eigenvalue weighted by Crippen LogP contribution is -2.35. The number of nitrogens with one attached hydrogen (secondary N) is 3. The Morgan fingerprint density at radius 3 is 2.79 bits per heavy atom. The molecule has 0 bridgehead atoms. The van der Waals surface area contributed by atoms with E-state index in [0.717, 1.165) is 11.3 Å². The maximum absolute atomic E-state index is 12.4. The predicted molar refractivity (Wildman–Crippen MR) is 108 cm³/mol. The minimum absolute atomic E-state index is 0.0505. The van der Waals surface area contributed by atoms with E-state index < -0.39 is 10.0 Å². The van der Waals surface area contributed by atoms with Crippen LogP contribution < -0.4 is 24.8 Å². The maximum atomic E-state index is 12.4. The van der Waals surface area contributed by atoms with Crippen molar-refractivity contribution in [3.63, 3.8) is 0 Å². The molecular weight excluding hydrogens is 382 g/mol. The molecule has 1 atom stereocenters. The number of carbonyl (C=O) groups is 1. The first-order valence-electron chi connectivity index (χ1n) is 8.89. The van der Waals surface area contributed by atoms with Crippen molar-refractivity contribution in [3.05, 3.63) is 48.0 Å². The first-order valence-corrected chi connectivity index (χ1v) is 10.5. The van der Waals surface area contributed by atoms with Crippen LogP contribution in [-0.2, 0) is 10.0 Å². The molecule has 1 aliphatic heterocycles. The third-order valence-electron chi connectivity index (χ3n) is 4.37. The first-order chi connectivity index (χ1) is 13.4. The van der Waals surface area contributed by atoms with Crippen LogP contribution in [0.15, 0.2) is 42.5 Å². The van der Waals surface area contributed by atoms with E-state index in [1.165, 1.54) is 7.11 Å². The summed E-state index contributed by atoms with van der Waals surface area (Å²) in [7, 11) is -2.00. The fourth-order valence-corrected chi connectivity index (χ4v) is 3.56. The van der Waals surface area contributed by atoms with Crippen molar-refractivity contribution in [2.75, 3.05) is 29.5 Å². The van der Waals surface area contributed by atoms with Gasteiger partial charge in [-0.25, -0.2) is 13.2 Å². The van der Waals surface area contributed by atoms with E-state index in [2.05, 4.69) is 15.4 Å². The van der Waals surface area contributed by atoms with Gasteiger partial charge in [0.1, 0.15) is 11.5 Å². The molecule has 3 rings (SSSR count). The van der Waals surface area contributed by atoms with Crippen molar-refractivity contribution in [2.24, 2.45) is 0 Å². The second-order valence-corrected chi connectivity index (χ2v) is 8.26. The van der Waals surface area contributed by atoms with E-state index in [1.54, 1.807) is 25.1 Å². The molecule has 0 aromatic heterocycles. The molecule has 0 saturated heterocycles. The molecule has 0 saturated carbocycles. The van der Waals surface area contributed by atoms with E-state index in [4.69, 9.17) is 9.47 Å². The molecule has 150 valence electrons. The number of ether oxygens (including phenoxy) is 2. The van der Waals surface area contributed by atoms with Gasteiger partial charge in [-0.15, -0.1) is 0 Å². The largest absolute Gasteiger partial charge is 0.494 e. The molecule has 3 N–H and O–H groups in total. The van der Waals surface area contributed by atoms with Gasteiger partial charge in [0.05, 0.1) is 31.2 Å². The number of para-hydroxylation sites is 1. The summed E-state index contributed by atoms with van der Waals surface area (Å²) in [5, 5.41) is 5.69. The normalized spacial score (nSPS) is 15.7. The van der Waals surface area contributed by atoms with Crippen LogP contribution in [0, 0.1) is 0 Å². The minimum Gasteiger partial charge on any atom is -0.494 e. The summed E-state index contributed by atoms with van der Waals surface area (Å²) in [5.74, 6) is 1.03. The highest BCUT2D eigenvalue weighted by Gasteiger charge is 2.22. The minimum atomic E-state index is -3.43. The highest BCUT2D eigenvalue weighted by molar-refractivity contribution is 7.92. The molecule has 8 nitrogen and oxygen atoms in total. The number of hydrogen-bond acceptors (Lipinski definition) is 5. The topological polar surface area (TPSA) is 106 Å². The molecule has 1 aliphatic rings. The Bertz CT molecular complexity index is 962. The highest BCUT2D eigenvalue weighted by atomic mass is 32.2. The molecular formula is C19H23N3O5S. The van der Waals surface area contributed by atoms with Gasteiger partial charge in [0.25, 0.3) is 0 Å². The quantitative estimate of drug-likeness (QED) is 0.685. The molecule has 0 fully saturated rings. The van der Waals surface area contributed by atoms with Gasteiger partial charge in [0.15, 0.2) is 0 Å². The van der Waals surface area contributed by atoms with Crippen molar-refractivity contribution >= 4 is 27.4 Å².